The number of carbonyl (C=O) groups is 3. The fourth-order valence-corrected chi connectivity index (χ4v) is 2.68. The summed E-state index contributed by atoms with van der Waals surface area (Å²) in [5.74, 6) is -2.29. The Morgan fingerprint density at radius 3 is 2.50 bits per heavy atom. The van der Waals surface area contributed by atoms with E-state index in [2.05, 4.69) is 5.32 Å². The number of likely N-dealkylation sites (tertiary alicyclic amines) is 1. The topological polar surface area (TPSA) is 86.7 Å². The van der Waals surface area contributed by atoms with Crippen LogP contribution in [-0.2, 0) is 14.4 Å². The summed E-state index contributed by atoms with van der Waals surface area (Å²) in [6, 6.07) is -0.998. The van der Waals surface area contributed by atoms with Crippen LogP contribution in [0.5, 0.6) is 0 Å². The van der Waals surface area contributed by atoms with Gasteiger partial charge in [0.05, 0.1) is 11.9 Å². The van der Waals surface area contributed by atoms with Crippen LogP contribution in [0.25, 0.3) is 0 Å². The summed E-state index contributed by atoms with van der Waals surface area (Å²) in [4.78, 5) is 36.2. The summed E-state index contributed by atoms with van der Waals surface area (Å²) in [6.07, 6.45) is 0.218. The fourth-order valence-electron chi connectivity index (χ4n) is 2.68. The molecular formula is C13H15FN2O4. The second kappa shape index (κ2) is 5.16. The molecule has 0 radical (unpaired) electrons. The van der Waals surface area contributed by atoms with E-state index in [0.717, 1.165) is 4.90 Å². The summed E-state index contributed by atoms with van der Waals surface area (Å²) in [7, 11) is 0. The molecule has 2 N–H and O–H groups in total. The van der Waals surface area contributed by atoms with Crippen molar-refractivity contribution in [2.75, 3.05) is 0 Å². The third kappa shape index (κ3) is 2.03. The molecule has 0 aromatic carbocycles. The number of amides is 3. The lowest BCUT2D eigenvalue weighted by Crippen LogP contribution is -2.58. The highest BCUT2D eigenvalue weighted by Crippen LogP contribution is 2.34. The zero-order chi connectivity index (χ0) is 15.0. The lowest BCUT2D eigenvalue weighted by molar-refractivity contribution is -0.151. The van der Waals surface area contributed by atoms with Crippen LogP contribution in [0.1, 0.15) is 20.3 Å². The molecule has 2 aliphatic rings. The molecule has 3 amide bonds. The van der Waals surface area contributed by atoms with Crippen LogP contribution in [0.4, 0.5) is 4.39 Å². The van der Waals surface area contributed by atoms with Gasteiger partial charge in [-0.3, -0.25) is 24.6 Å². The summed E-state index contributed by atoms with van der Waals surface area (Å²) >= 11 is 0. The summed E-state index contributed by atoms with van der Waals surface area (Å²) in [5.41, 5.74) is -0.147. The van der Waals surface area contributed by atoms with Crippen molar-refractivity contribution in [3.05, 3.63) is 23.6 Å². The fraction of sp³-hybridized carbons (Fsp3) is 0.462. The molecule has 3 atom stereocenters. The van der Waals surface area contributed by atoms with Gasteiger partial charge in [-0.05, 0) is 12.8 Å². The minimum atomic E-state index is -1.39. The first kappa shape index (κ1) is 14.4. The van der Waals surface area contributed by atoms with E-state index in [1.807, 2.05) is 0 Å². The second-order valence-corrected chi connectivity index (χ2v) is 4.89. The number of nitrogens with one attached hydrogen (secondary N) is 1. The molecule has 2 rings (SSSR count). The smallest absolute Gasteiger partial charge is 0.259 e. The Balaban J connectivity index is 2.40. The van der Waals surface area contributed by atoms with Crippen molar-refractivity contribution in [1.82, 2.24) is 10.2 Å². The Morgan fingerprint density at radius 1 is 1.40 bits per heavy atom. The molecule has 0 aromatic rings. The van der Waals surface area contributed by atoms with Crippen LogP contribution in [0.2, 0.25) is 0 Å². The average molecular weight is 282 g/mol. The molecule has 0 saturated carbocycles. The molecule has 108 valence electrons. The number of rotatable bonds is 1. The number of piperidine rings is 1. The lowest BCUT2D eigenvalue weighted by atomic mass is 9.92. The first-order valence-electron chi connectivity index (χ1n) is 6.23. The van der Waals surface area contributed by atoms with E-state index < -0.39 is 35.9 Å². The van der Waals surface area contributed by atoms with Gasteiger partial charge in [-0.15, -0.1) is 0 Å². The van der Waals surface area contributed by atoms with Crippen molar-refractivity contribution in [3.8, 4) is 0 Å². The summed E-state index contributed by atoms with van der Waals surface area (Å²) in [5, 5.41) is 12.3. The van der Waals surface area contributed by atoms with Gasteiger partial charge in [0.2, 0.25) is 11.8 Å². The number of allylic oxidation sites excluding steroid dienone is 1. The first-order valence-corrected chi connectivity index (χ1v) is 6.23. The van der Waals surface area contributed by atoms with Crippen molar-refractivity contribution < 1.29 is 23.9 Å². The number of hydrogen-bond donors (Lipinski definition) is 2. The molecule has 2 aliphatic heterocycles. The lowest BCUT2D eigenvalue weighted by Gasteiger charge is -2.35. The molecule has 2 heterocycles. The van der Waals surface area contributed by atoms with E-state index in [1.54, 1.807) is 13.8 Å². The molecule has 1 unspecified atom stereocenters. The van der Waals surface area contributed by atoms with E-state index in [4.69, 9.17) is 0 Å². The molecule has 6 nitrogen and oxygen atoms in total. The monoisotopic (exact) mass is 282 g/mol. The highest BCUT2D eigenvalue weighted by atomic mass is 19.1. The normalized spacial score (nSPS) is 35.1. The number of imide groups is 1. The van der Waals surface area contributed by atoms with Gasteiger partial charge in [0.1, 0.15) is 6.04 Å². The largest absolute Gasteiger partial charge is 0.369 e. The number of nitrogens with zero attached hydrogens (tertiary/aromatic N) is 1. The summed E-state index contributed by atoms with van der Waals surface area (Å²) < 4.78 is 12.8. The Bertz CT molecular complexity index is 540. The number of hydrogen-bond acceptors (Lipinski definition) is 4. The van der Waals surface area contributed by atoms with Crippen LogP contribution >= 0.6 is 0 Å². The molecule has 20 heavy (non-hydrogen) atoms. The SMILES string of the molecule is C/C=C1\C(=C\F)C(=O)N([C@@H]2C(=O)NC(=O)C[C@@H]2C)C1O. The van der Waals surface area contributed by atoms with E-state index in [1.165, 1.54) is 6.08 Å². The predicted molar refractivity (Wildman–Crippen MR) is 66.5 cm³/mol. The van der Waals surface area contributed by atoms with Crippen molar-refractivity contribution in [2.45, 2.75) is 32.5 Å². The predicted octanol–water partition coefficient (Wildman–Crippen LogP) is -0.00210. The van der Waals surface area contributed by atoms with E-state index in [9.17, 15) is 23.9 Å². The second-order valence-electron chi connectivity index (χ2n) is 4.89. The number of carbonyl (C=O) groups excluding carboxylic acids is 3. The molecule has 0 aliphatic carbocycles. The minimum absolute atomic E-state index is 0.0623. The molecule has 0 aromatic heterocycles. The maximum atomic E-state index is 12.8. The summed E-state index contributed by atoms with van der Waals surface area (Å²) in [6.45, 7) is 3.19. The van der Waals surface area contributed by atoms with Crippen LogP contribution in [0, 0.1) is 5.92 Å². The molecule has 7 heteroatoms. The standard InChI is InChI=1S/C13H15FN2O4/c1-3-7-8(5-14)13(20)16(12(7)19)10-6(2)4-9(17)15-11(10)18/h3,5-6,10,12,19H,4H2,1-2H3,(H,15,17,18)/b7-3+,8-5-/t6-,10-,12?/m0/s1. The third-order valence-corrected chi connectivity index (χ3v) is 3.61. The van der Waals surface area contributed by atoms with Crippen LogP contribution in [0.3, 0.4) is 0 Å². The first-order chi connectivity index (χ1) is 9.42. The number of aliphatic hydroxyl groups excluding tert-OH is 1. The molecule has 0 spiro atoms. The van der Waals surface area contributed by atoms with Gasteiger partial charge in [0.25, 0.3) is 5.91 Å². The molecular weight excluding hydrogens is 267 g/mol. The van der Waals surface area contributed by atoms with Crippen molar-refractivity contribution in [1.29, 1.82) is 0 Å². The van der Waals surface area contributed by atoms with Gasteiger partial charge in [-0.25, -0.2) is 4.39 Å². The van der Waals surface area contributed by atoms with Crippen molar-refractivity contribution in [2.24, 2.45) is 5.92 Å². The minimum Gasteiger partial charge on any atom is -0.369 e. The van der Waals surface area contributed by atoms with Gasteiger partial charge in [0, 0.05) is 12.0 Å². The zero-order valence-electron chi connectivity index (χ0n) is 11.1. The van der Waals surface area contributed by atoms with Gasteiger partial charge < -0.3 is 5.11 Å². The number of aliphatic hydroxyl groups is 1. The van der Waals surface area contributed by atoms with E-state index >= 15 is 0 Å². The molecule has 0 bridgehead atoms. The highest BCUT2D eigenvalue weighted by Gasteiger charge is 2.48. The van der Waals surface area contributed by atoms with Gasteiger partial charge in [-0.2, -0.15) is 0 Å². The van der Waals surface area contributed by atoms with Crippen LogP contribution in [0.15, 0.2) is 23.6 Å². The van der Waals surface area contributed by atoms with E-state index in [-0.39, 0.29) is 23.9 Å². The highest BCUT2D eigenvalue weighted by molar-refractivity contribution is 6.07. The maximum Gasteiger partial charge on any atom is 0.259 e. The quantitative estimate of drug-likeness (QED) is 0.523. The molecule has 2 fully saturated rings. The molecule has 2 saturated heterocycles. The van der Waals surface area contributed by atoms with E-state index in [0.29, 0.717) is 0 Å². The van der Waals surface area contributed by atoms with Crippen molar-refractivity contribution in [3.63, 3.8) is 0 Å². The van der Waals surface area contributed by atoms with Crippen LogP contribution in [-0.4, -0.2) is 40.0 Å². The van der Waals surface area contributed by atoms with Gasteiger partial charge in [-0.1, -0.05) is 13.0 Å². The Morgan fingerprint density at radius 2 is 2.05 bits per heavy atom. The van der Waals surface area contributed by atoms with Gasteiger partial charge >= 0.3 is 0 Å². The number of halogens is 1. The maximum absolute atomic E-state index is 12.8. The Kier molecular flexibility index (Phi) is 3.71. The third-order valence-electron chi connectivity index (χ3n) is 3.61. The Hall–Kier alpha value is -2.02. The van der Waals surface area contributed by atoms with Gasteiger partial charge in [0.15, 0.2) is 6.23 Å². The van der Waals surface area contributed by atoms with Crippen LogP contribution < -0.4 is 5.32 Å². The zero-order valence-corrected chi connectivity index (χ0v) is 11.1. The Labute approximate surface area is 114 Å². The average Bonchev–Trinajstić information content (AvgIpc) is 2.60. The van der Waals surface area contributed by atoms with Crippen molar-refractivity contribution >= 4 is 17.7 Å².